The molecule has 0 aromatic rings. The Labute approximate surface area is 79.9 Å². The van der Waals surface area contributed by atoms with Gasteiger partial charge in [-0.05, 0) is 20.5 Å². The van der Waals surface area contributed by atoms with Crippen molar-refractivity contribution in [2.75, 3.05) is 21.1 Å². The number of nitrogens with zero attached hydrogens (tertiary/aromatic N) is 1. The number of carbonyl (C=O) groups excluding carboxylic acids is 1. The third-order valence-corrected chi connectivity index (χ3v) is 2.07. The highest BCUT2D eigenvalue weighted by Gasteiger charge is 2.26. The minimum absolute atomic E-state index is 0.0944. The number of nitrogens with one attached hydrogen (secondary N) is 1. The van der Waals surface area contributed by atoms with Crippen LogP contribution in [0.2, 0.25) is 0 Å². The highest BCUT2D eigenvalue weighted by Crippen LogP contribution is 2.13. The molecule has 0 spiro atoms. The van der Waals surface area contributed by atoms with E-state index in [-0.39, 0.29) is 11.8 Å². The van der Waals surface area contributed by atoms with E-state index in [0.717, 1.165) is 6.42 Å². The van der Waals surface area contributed by atoms with E-state index in [1.54, 1.807) is 26.0 Å². The minimum Gasteiger partial charge on any atom is -0.378 e. The number of rotatable bonds is 5. The van der Waals surface area contributed by atoms with Gasteiger partial charge in [0, 0.05) is 7.05 Å². The molecule has 0 aliphatic heterocycles. The van der Waals surface area contributed by atoms with E-state index in [2.05, 4.69) is 5.32 Å². The summed E-state index contributed by atoms with van der Waals surface area (Å²) in [6, 6.07) is 0. The van der Waals surface area contributed by atoms with E-state index < -0.39 is 6.23 Å². The van der Waals surface area contributed by atoms with Crippen molar-refractivity contribution in [1.29, 1.82) is 0 Å². The zero-order valence-electron chi connectivity index (χ0n) is 8.87. The smallest absolute Gasteiger partial charge is 0.226 e. The van der Waals surface area contributed by atoms with Gasteiger partial charge < -0.3 is 10.4 Å². The fourth-order valence-corrected chi connectivity index (χ4v) is 1.27. The van der Waals surface area contributed by atoms with Gasteiger partial charge >= 0.3 is 0 Å². The van der Waals surface area contributed by atoms with Gasteiger partial charge in [0.2, 0.25) is 5.91 Å². The van der Waals surface area contributed by atoms with Gasteiger partial charge in [0.25, 0.3) is 0 Å². The molecule has 0 fully saturated rings. The maximum atomic E-state index is 11.4. The first-order chi connectivity index (χ1) is 6.04. The number of carbonyl (C=O) groups is 1. The van der Waals surface area contributed by atoms with E-state index in [1.807, 2.05) is 6.92 Å². The van der Waals surface area contributed by atoms with E-state index in [4.69, 9.17) is 0 Å². The number of amides is 1. The molecule has 0 radical (unpaired) electrons. The number of hydrogen-bond acceptors (Lipinski definition) is 3. The van der Waals surface area contributed by atoms with E-state index in [9.17, 15) is 9.90 Å². The second kappa shape index (κ2) is 5.94. The van der Waals surface area contributed by atoms with Gasteiger partial charge in [-0.2, -0.15) is 0 Å². The maximum Gasteiger partial charge on any atom is 0.226 e. The zero-order valence-corrected chi connectivity index (χ0v) is 8.87. The van der Waals surface area contributed by atoms with Crippen LogP contribution in [0.3, 0.4) is 0 Å². The molecule has 2 N–H and O–H groups in total. The molecule has 0 bridgehead atoms. The molecular formula is C9H20N2O2. The Morgan fingerprint density at radius 2 is 2.08 bits per heavy atom. The Hall–Kier alpha value is -0.610. The summed E-state index contributed by atoms with van der Waals surface area (Å²) >= 11 is 0. The van der Waals surface area contributed by atoms with Crippen LogP contribution in [0.25, 0.3) is 0 Å². The Kier molecular flexibility index (Phi) is 5.66. The Bertz CT molecular complexity index is 160. The SMILES string of the molecule is CCCC(C(=O)NC)C(O)N(C)C. The third-order valence-electron chi connectivity index (χ3n) is 2.07. The molecule has 0 saturated heterocycles. The zero-order chi connectivity index (χ0) is 10.4. The lowest BCUT2D eigenvalue weighted by atomic mass is 10.0. The summed E-state index contributed by atoms with van der Waals surface area (Å²) in [6.07, 6.45) is 0.905. The third kappa shape index (κ3) is 3.74. The molecule has 13 heavy (non-hydrogen) atoms. The van der Waals surface area contributed by atoms with Gasteiger partial charge in [-0.1, -0.05) is 13.3 Å². The second-order valence-electron chi connectivity index (χ2n) is 3.39. The minimum atomic E-state index is -0.695. The fourth-order valence-electron chi connectivity index (χ4n) is 1.27. The van der Waals surface area contributed by atoms with Gasteiger partial charge in [-0.25, -0.2) is 0 Å². The van der Waals surface area contributed by atoms with Crippen LogP contribution < -0.4 is 5.32 Å². The molecule has 4 nitrogen and oxygen atoms in total. The maximum absolute atomic E-state index is 11.4. The average Bonchev–Trinajstić information content (AvgIpc) is 2.11. The number of aliphatic hydroxyl groups excluding tert-OH is 1. The quantitative estimate of drug-likeness (QED) is 0.598. The molecule has 0 aromatic carbocycles. The largest absolute Gasteiger partial charge is 0.378 e. The second-order valence-corrected chi connectivity index (χ2v) is 3.39. The molecule has 78 valence electrons. The Balaban J connectivity index is 4.31. The summed E-state index contributed by atoms with van der Waals surface area (Å²) < 4.78 is 0. The van der Waals surface area contributed by atoms with Crippen molar-refractivity contribution >= 4 is 5.91 Å². The summed E-state index contributed by atoms with van der Waals surface area (Å²) in [7, 11) is 5.11. The highest BCUT2D eigenvalue weighted by molar-refractivity contribution is 5.78. The van der Waals surface area contributed by atoms with Crippen molar-refractivity contribution in [3.05, 3.63) is 0 Å². The summed E-state index contributed by atoms with van der Waals surface area (Å²) in [5.74, 6) is -0.423. The Morgan fingerprint density at radius 1 is 1.54 bits per heavy atom. The fraction of sp³-hybridized carbons (Fsp3) is 0.889. The topological polar surface area (TPSA) is 52.6 Å². The summed E-state index contributed by atoms with van der Waals surface area (Å²) in [5, 5.41) is 12.2. The van der Waals surface area contributed by atoms with Crippen LogP contribution in [-0.2, 0) is 4.79 Å². The van der Waals surface area contributed by atoms with Gasteiger partial charge in [0.15, 0.2) is 0 Å². The summed E-state index contributed by atoms with van der Waals surface area (Å²) in [4.78, 5) is 13.0. The average molecular weight is 188 g/mol. The van der Waals surface area contributed by atoms with Crippen molar-refractivity contribution in [2.45, 2.75) is 26.0 Å². The van der Waals surface area contributed by atoms with Gasteiger partial charge in [0.05, 0.1) is 5.92 Å². The van der Waals surface area contributed by atoms with E-state index >= 15 is 0 Å². The molecule has 2 unspecified atom stereocenters. The molecule has 0 aromatic heterocycles. The van der Waals surface area contributed by atoms with Gasteiger partial charge in [-0.3, -0.25) is 9.69 Å². The van der Waals surface area contributed by atoms with E-state index in [0.29, 0.717) is 6.42 Å². The summed E-state index contributed by atoms with van der Waals surface area (Å²) in [6.45, 7) is 2.00. The first kappa shape index (κ1) is 12.4. The molecule has 0 rings (SSSR count). The van der Waals surface area contributed by atoms with Crippen LogP contribution in [0.4, 0.5) is 0 Å². The van der Waals surface area contributed by atoms with Crippen LogP contribution >= 0.6 is 0 Å². The predicted molar refractivity (Wildman–Crippen MR) is 52.2 cm³/mol. The normalized spacial score (nSPS) is 15.5. The standard InChI is InChI=1S/C9H20N2O2/c1-5-6-7(8(12)10-2)9(13)11(3)4/h7,9,13H,5-6H2,1-4H3,(H,10,12). The van der Waals surface area contributed by atoms with E-state index in [1.165, 1.54) is 0 Å². The first-order valence-corrected chi connectivity index (χ1v) is 4.60. The molecular weight excluding hydrogens is 168 g/mol. The van der Waals surface area contributed by atoms with Crippen molar-refractivity contribution in [3.63, 3.8) is 0 Å². The van der Waals surface area contributed by atoms with Crippen LogP contribution in [0.1, 0.15) is 19.8 Å². The highest BCUT2D eigenvalue weighted by atomic mass is 16.3. The molecule has 4 heteroatoms. The molecule has 1 amide bonds. The van der Waals surface area contributed by atoms with Crippen molar-refractivity contribution in [3.8, 4) is 0 Å². The predicted octanol–water partition coefficient (Wildman–Crippen LogP) is 0.0287. The van der Waals surface area contributed by atoms with Gasteiger partial charge in [-0.15, -0.1) is 0 Å². The monoisotopic (exact) mass is 188 g/mol. The van der Waals surface area contributed by atoms with Crippen molar-refractivity contribution in [1.82, 2.24) is 10.2 Å². The lowest BCUT2D eigenvalue weighted by Gasteiger charge is -2.26. The van der Waals surface area contributed by atoms with Crippen molar-refractivity contribution < 1.29 is 9.90 Å². The van der Waals surface area contributed by atoms with Crippen molar-refractivity contribution in [2.24, 2.45) is 5.92 Å². The Morgan fingerprint density at radius 3 is 2.38 bits per heavy atom. The molecule has 0 aliphatic rings. The molecule has 2 atom stereocenters. The first-order valence-electron chi connectivity index (χ1n) is 4.60. The van der Waals surface area contributed by atoms with Crippen LogP contribution in [0.15, 0.2) is 0 Å². The molecule has 0 aliphatic carbocycles. The lowest BCUT2D eigenvalue weighted by molar-refractivity contribution is -0.133. The van der Waals surface area contributed by atoms with Crippen LogP contribution in [-0.4, -0.2) is 43.3 Å². The molecule has 0 saturated carbocycles. The van der Waals surface area contributed by atoms with Gasteiger partial charge in [0.1, 0.15) is 6.23 Å². The molecule has 0 heterocycles. The number of hydrogen-bond donors (Lipinski definition) is 2. The summed E-state index contributed by atoms with van der Waals surface area (Å²) in [5.41, 5.74) is 0. The van der Waals surface area contributed by atoms with Crippen LogP contribution in [0, 0.1) is 5.92 Å². The van der Waals surface area contributed by atoms with Crippen LogP contribution in [0.5, 0.6) is 0 Å². The number of aliphatic hydroxyl groups is 1. The lowest BCUT2D eigenvalue weighted by Crippen LogP contribution is -2.43.